The Balaban J connectivity index is 3.26. The predicted octanol–water partition coefficient (Wildman–Crippen LogP) is 2.23. The zero-order valence-electron chi connectivity index (χ0n) is 8.11. The number of benzene rings is 1. The molecule has 0 aliphatic carbocycles. The normalized spacial score (nSPS) is 10.5. The molecule has 0 aliphatic heterocycles. The molecule has 1 aromatic rings. The summed E-state index contributed by atoms with van der Waals surface area (Å²) in [7, 11) is 0. The number of hydrogen-bond donors (Lipinski definition) is 2. The van der Waals surface area contributed by atoms with Crippen molar-refractivity contribution >= 4 is 0 Å². The van der Waals surface area contributed by atoms with Gasteiger partial charge in [-0.05, 0) is 43.0 Å². The van der Waals surface area contributed by atoms with Crippen LogP contribution in [-0.4, -0.2) is 5.21 Å². The van der Waals surface area contributed by atoms with Gasteiger partial charge < -0.3 is 5.21 Å². The number of hydrogen-bond acceptors (Lipinski definition) is 2. The fourth-order valence-corrected chi connectivity index (χ4v) is 1.55. The molecule has 0 bridgehead atoms. The molecule has 0 unspecified atom stereocenters. The highest BCUT2D eigenvalue weighted by Crippen LogP contribution is 2.20. The maximum atomic E-state index is 13.4. The molecule has 0 fully saturated rings. The van der Waals surface area contributed by atoms with Crippen molar-refractivity contribution in [2.45, 2.75) is 27.3 Å². The molecule has 0 saturated heterocycles. The monoisotopic (exact) mass is 183 g/mol. The van der Waals surface area contributed by atoms with E-state index in [4.69, 9.17) is 5.21 Å². The molecule has 0 aliphatic rings. The Morgan fingerprint density at radius 3 is 2.46 bits per heavy atom. The Kier molecular flexibility index (Phi) is 3.01. The van der Waals surface area contributed by atoms with Gasteiger partial charge in [-0.25, -0.2) is 9.87 Å². The molecule has 0 amide bonds. The summed E-state index contributed by atoms with van der Waals surface area (Å²) < 4.78 is 13.4. The van der Waals surface area contributed by atoms with E-state index in [1.807, 2.05) is 12.4 Å². The first-order valence-corrected chi connectivity index (χ1v) is 4.20. The summed E-state index contributed by atoms with van der Waals surface area (Å²) in [5, 5.41) is 8.56. The Morgan fingerprint density at radius 1 is 1.31 bits per heavy atom. The topological polar surface area (TPSA) is 32.3 Å². The molecule has 0 aromatic heterocycles. The lowest BCUT2D eigenvalue weighted by molar-refractivity contribution is 0.160. The minimum Gasteiger partial charge on any atom is -0.316 e. The number of hydroxylamine groups is 1. The zero-order chi connectivity index (χ0) is 10.0. The molecular weight excluding hydrogens is 169 g/mol. The molecule has 72 valence electrons. The first kappa shape index (κ1) is 10.2. The molecule has 2 N–H and O–H groups in total. The van der Waals surface area contributed by atoms with Crippen LogP contribution in [0.3, 0.4) is 0 Å². The van der Waals surface area contributed by atoms with Gasteiger partial charge in [-0.1, -0.05) is 6.07 Å². The molecule has 0 spiro atoms. The van der Waals surface area contributed by atoms with E-state index in [0.717, 1.165) is 11.1 Å². The fraction of sp³-hybridized carbons (Fsp3) is 0.400. The highest BCUT2D eigenvalue weighted by Gasteiger charge is 2.09. The van der Waals surface area contributed by atoms with Crippen molar-refractivity contribution in [3.05, 3.63) is 34.1 Å². The predicted molar refractivity (Wildman–Crippen MR) is 49.2 cm³/mol. The lowest BCUT2D eigenvalue weighted by atomic mass is 9.99. The average Bonchev–Trinajstić information content (AvgIpc) is 2.09. The minimum atomic E-state index is -0.184. The van der Waals surface area contributed by atoms with E-state index in [0.29, 0.717) is 11.1 Å². The van der Waals surface area contributed by atoms with E-state index < -0.39 is 0 Å². The molecule has 2 nitrogen and oxygen atoms in total. The van der Waals surface area contributed by atoms with Crippen molar-refractivity contribution < 1.29 is 9.60 Å². The maximum absolute atomic E-state index is 13.4. The maximum Gasteiger partial charge on any atom is 0.129 e. The van der Waals surface area contributed by atoms with Crippen LogP contribution >= 0.6 is 0 Å². The number of halogens is 1. The van der Waals surface area contributed by atoms with Crippen molar-refractivity contribution in [3.63, 3.8) is 0 Å². The average molecular weight is 183 g/mol. The third-order valence-corrected chi connectivity index (χ3v) is 2.29. The van der Waals surface area contributed by atoms with Gasteiger partial charge in [-0.2, -0.15) is 0 Å². The third kappa shape index (κ3) is 1.87. The Morgan fingerprint density at radius 2 is 1.92 bits per heavy atom. The van der Waals surface area contributed by atoms with E-state index in [9.17, 15) is 4.39 Å². The first-order chi connectivity index (χ1) is 6.07. The van der Waals surface area contributed by atoms with Crippen LogP contribution in [0.25, 0.3) is 0 Å². The lowest BCUT2D eigenvalue weighted by Crippen LogP contribution is -2.10. The van der Waals surface area contributed by atoms with Crippen LogP contribution in [0.4, 0.5) is 4.39 Å². The summed E-state index contributed by atoms with van der Waals surface area (Å²) in [5.74, 6) is -0.184. The number of rotatable bonds is 2. The van der Waals surface area contributed by atoms with Crippen molar-refractivity contribution in [2.24, 2.45) is 0 Å². The van der Waals surface area contributed by atoms with Gasteiger partial charge in [0.05, 0.1) is 0 Å². The molecule has 0 radical (unpaired) electrons. The largest absolute Gasteiger partial charge is 0.316 e. The number of nitrogens with one attached hydrogen (secondary N) is 1. The van der Waals surface area contributed by atoms with E-state index in [1.54, 1.807) is 19.9 Å². The van der Waals surface area contributed by atoms with Crippen LogP contribution in [-0.2, 0) is 6.54 Å². The Bertz CT molecular complexity index is 323. The van der Waals surface area contributed by atoms with Gasteiger partial charge in [-0.15, -0.1) is 0 Å². The van der Waals surface area contributed by atoms with Gasteiger partial charge in [0.25, 0.3) is 0 Å². The van der Waals surface area contributed by atoms with Crippen LogP contribution in [0.1, 0.15) is 22.3 Å². The SMILES string of the molecule is Cc1cc(C)c(CNO)c(C)c1F. The van der Waals surface area contributed by atoms with E-state index in [1.165, 1.54) is 0 Å². The van der Waals surface area contributed by atoms with E-state index in [2.05, 4.69) is 0 Å². The number of aryl methyl sites for hydroxylation is 2. The van der Waals surface area contributed by atoms with Crippen LogP contribution in [0, 0.1) is 26.6 Å². The third-order valence-electron chi connectivity index (χ3n) is 2.29. The summed E-state index contributed by atoms with van der Waals surface area (Å²) >= 11 is 0. The quantitative estimate of drug-likeness (QED) is 0.689. The van der Waals surface area contributed by atoms with Gasteiger partial charge in [0, 0.05) is 6.54 Å². The standard InChI is InChI=1S/C10H14FNO/c1-6-4-7(2)10(11)8(3)9(6)5-12-13/h4,12-13H,5H2,1-3H3. The van der Waals surface area contributed by atoms with Crippen molar-refractivity contribution in [1.82, 2.24) is 5.48 Å². The van der Waals surface area contributed by atoms with E-state index in [-0.39, 0.29) is 12.4 Å². The van der Waals surface area contributed by atoms with Gasteiger partial charge in [0.2, 0.25) is 0 Å². The van der Waals surface area contributed by atoms with Crippen molar-refractivity contribution in [1.29, 1.82) is 0 Å². The molecule has 13 heavy (non-hydrogen) atoms. The summed E-state index contributed by atoms with van der Waals surface area (Å²) in [4.78, 5) is 0. The second kappa shape index (κ2) is 3.85. The molecular formula is C10H14FNO. The van der Waals surface area contributed by atoms with Crippen LogP contribution in [0.15, 0.2) is 6.07 Å². The lowest BCUT2D eigenvalue weighted by Gasteiger charge is -2.11. The van der Waals surface area contributed by atoms with Gasteiger partial charge in [0.1, 0.15) is 5.82 Å². The first-order valence-electron chi connectivity index (χ1n) is 4.20. The molecule has 1 rings (SSSR count). The molecule has 0 heterocycles. The van der Waals surface area contributed by atoms with Crippen LogP contribution in [0.5, 0.6) is 0 Å². The van der Waals surface area contributed by atoms with Gasteiger partial charge in [0.15, 0.2) is 0 Å². The molecule has 0 atom stereocenters. The van der Waals surface area contributed by atoms with Crippen LogP contribution < -0.4 is 5.48 Å². The second-order valence-corrected chi connectivity index (χ2v) is 3.26. The van der Waals surface area contributed by atoms with E-state index >= 15 is 0 Å². The Labute approximate surface area is 77.4 Å². The second-order valence-electron chi connectivity index (χ2n) is 3.26. The van der Waals surface area contributed by atoms with Gasteiger partial charge in [-0.3, -0.25) is 0 Å². The molecule has 1 aromatic carbocycles. The van der Waals surface area contributed by atoms with Crippen LogP contribution in [0.2, 0.25) is 0 Å². The fourth-order valence-electron chi connectivity index (χ4n) is 1.55. The summed E-state index contributed by atoms with van der Waals surface area (Å²) in [5.41, 5.74) is 5.13. The smallest absolute Gasteiger partial charge is 0.129 e. The minimum absolute atomic E-state index is 0.184. The van der Waals surface area contributed by atoms with Crippen molar-refractivity contribution in [3.8, 4) is 0 Å². The highest BCUT2D eigenvalue weighted by atomic mass is 19.1. The summed E-state index contributed by atoms with van der Waals surface area (Å²) in [6.07, 6.45) is 0. The Hall–Kier alpha value is -0.930. The van der Waals surface area contributed by atoms with Crippen molar-refractivity contribution in [2.75, 3.05) is 0 Å². The molecule has 0 saturated carbocycles. The highest BCUT2D eigenvalue weighted by molar-refractivity contribution is 5.38. The summed E-state index contributed by atoms with van der Waals surface area (Å²) in [6.45, 7) is 5.66. The summed E-state index contributed by atoms with van der Waals surface area (Å²) in [6, 6.07) is 1.79. The van der Waals surface area contributed by atoms with Gasteiger partial charge >= 0.3 is 0 Å². The zero-order valence-corrected chi connectivity index (χ0v) is 8.11. The molecule has 3 heteroatoms.